The molecule has 0 saturated carbocycles. The normalized spacial score (nSPS) is 18.4. The van der Waals surface area contributed by atoms with Crippen molar-refractivity contribution in [1.29, 1.82) is 0 Å². The van der Waals surface area contributed by atoms with Crippen LogP contribution >= 0.6 is 0 Å². The molecule has 1 unspecified atom stereocenters. The monoisotopic (exact) mass is 300 g/mol. The van der Waals surface area contributed by atoms with E-state index in [4.69, 9.17) is 0 Å². The predicted molar refractivity (Wildman–Crippen MR) is 79.1 cm³/mol. The minimum absolute atomic E-state index is 0.233. The first-order chi connectivity index (χ1) is 10.5. The van der Waals surface area contributed by atoms with Crippen LogP contribution in [-0.2, 0) is 16.6 Å². The molecule has 7 nitrogen and oxygen atoms in total. The fourth-order valence-electron chi connectivity index (χ4n) is 2.52. The number of hydrogen-bond donors (Lipinski definition) is 2. The number of imide groups is 1. The number of nitrogens with zero attached hydrogens (tertiary/aromatic N) is 2. The van der Waals surface area contributed by atoms with Gasteiger partial charge < -0.3 is 9.88 Å². The molecule has 1 aromatic carbocycles. The van der Waals surface area contributed by atoms with Crippen LogP contribution in [0.2, 0.25) is 0 Å². The summed E-state index contributed by atoms with van der Waals surface area (Å²) in [6, 6.07) is 4.53. The highest BCUT2D eigenvalue weighted by Crippen LogP contribution is 2.17. The van der Waals surface area contributed by atoms with E-state index in [1.807, 2.05) is 18.5 Å². The van der Waals surface area contributed by atoms with Crippen LogP contribution in [-0.4, -0.2) is 33.3 Å². The zero-order valence-corrected chi connectivity index (χ0v) is 12.3. The average Bonchev–Trinajstić information content (AvgIpc) is 2.77. The molecule has 1 aliphatic rings. The molecule has 1 fully saturated rings. The van der Waals surface area contributed by atoms with Gasteiger partial charge in [0.05, 0.1) is 11.0 Å². The smallest absolute Gasteiger partial charge is 0.252 e. The summed E-state index contributed by atoms with van der Waals surface area (Å²) in [7, 11) is 1.88. The maximum atomic E-state index is 12.3. The van der Waals surface area contributed by atoms with Crippen molar-refractivity contribution in [2.45, 2.75) is 25.8 Å². The van der Waals surface area contributed by atoms with Crippen molar-refractivity contribution in [2.75, 3.05) is 0 Å². The fraction of sp³-hybridized carbons (Fsp3) is 0.333. The molecule has 1 saturated heterocycles. The van der Waals surface area contributed by atoms with Crippen LogP contribution in [0.4, 0.5) is 0 Å². The molecule has 1 aromatic heterocycles. The van der Waals surface area contributed by atoms with Gasteiger partial charge in [-0.05, 0) is 31.5 Å². The highest BCUT2D eigenvalue weighted by molar-refractivity contribution is 6.04. The van der Waals surface area contributed by atoms with Crippen molar-refractivity contribution < 1.29 is 14.4 Å². The number of benzene rings is 1. The summed E-state index contributed by atoms with van der Waals surface area (Å²) >= 11 is 0. The maximum Gasteiger partial charge on any atom is 0.252 e. The largest absolute Gasteiger partial charge is 0.340 e. The van der Waals surface area contributed by atoms with E-state index in [2.05, 4.69) is 15.6 Å². The third-order valence-corrected chi connectivity index (χ3v) is 3.91. The number of fused-ring (bicyclic) bond motifs is 1. The Kier molecular flexibility index (Phi) is 3.40. The molecule has 3 rings (SSSR count). The number of piperidine rings is 1. The molecule has 1 aliphatic heterocycles. The van der Waals surface area contributed by atoms with Gasteiger partial charge in [0, 0.05) is 19.0 Å². The highest BCUT2D eigenvalue weighted by Gasteiger charge is 2.28. The Bertz CT molecular complexity index is 793. The molecule has 0 radical (unpaired) electrons. The number of hydrogen-bond acceptors (Lipinski definition) is 4. The second-order valence-electron chi connectivity index (χ2n) is 5.40. The van der Waals surface area contributed by atoms with E-state index in [9.17, 15) is 14.4 Å². The van der Waals surface area contributed by atoms with Gasteiger partial charge in [-0.1, -0.05) is 0 Å². The second-order valence-corrected chi connectivity index (χ2v) is 5.40. The second kappa shape index (κ2) is 5.25. The molecule has 0 spiro atoms. The van der Waals surface area contributed by atoms with E-state index in [0.717, 1.165) is 16.9 Å². The number of amides is 3. The van der Waals surface area contributed by atoms with Gasteiger partial charge in [-0.25, -0.2) is 4.98 Å². The molecular weight excluding hydrogens is 284 g/mol. The van der Waals surface area contributed by atoms with Crippen molar-refractivity contribution in [3.8, 4) is 0 Å². The van der Waals surface area contributed by atoms with Gasteiger partial charge in [0.25, 0.3) is 5.91 Å². The molecule has 2 aromatic rings. The first-order valence-electron chi connectivity index (χ1n) is 7.03. The van der Waals surface area contributed by atoms with Crippen molar-refractivity contribution >= 4 is 28.8 Å². The Balaban J connectivity index is 1.81. The van der Waals surface area contributed by atoms with Crippen LogP contribution in [0.5, 0.6) is 0 Å². The summed E-state index contributed by atoms with van der Waals surface area (Å²) in [5.41, 5.74) is 2.13. The molecule has 7 heteroatoms. The first-order valence-corrected chi connectivity index (χ1v) is 7.03. The van der Waals surface area contributed by atoms with Crippen molar-refractivity contribution in [1.82, 2.24) is 20.2 Å². The lowest BCUT2D eigenvalue weighted by Crippen LogP contribution is -2.52. The molecular formula is C15H16N4O3. The van der Waals surface area contributed by atoms with Crippen LogP contribution in [0.3, 0.4) is 0 Å². The standard InChI is InChI=1S/C15H16N4O3/c1-8-16-10-4-3-9(7-12(10)19(8)2)14(21)17-11-5-6-13(20)18-15(11)22/h3-4,7,11H,5-6H2,1-2H3,(H,17,21)(H,18,20,22). The van der Waals surface area contributed by atoms with Gasteiger partial charge in [-0.3, -0.25) is 19.7 Å². The minimum Gasteiger partial charge on any atom is -0.340 e. The van der Waals surface area contributed by atoms with Gasteiger partial charge >= 0.3 is 0 Å². The quantitative estimate of drug-likeness (QED) is 0.786. The Hall–Kier alpha value is -2.70. The molecule has 0 aliphatic carbocycles. The maximum absolute atomic E-state index is 12.3. The van der Waals surface area contributed by atoms with E-state index < -0.39 is 11.9 Å². The van der Waals surface area contributed by atoms with Crippen LogP contribution in [0.25, 0.3) is 11.0 Å². The van der Waals surface area contributed by atoms with E-state index in [1.165, 1.54) is 0 Å². The van der Waals surface area contributed by atoms with Crippen LogP contribution in [0.15, 0.2) is 18.2 Å². The third-order valence-electron chi connectivity index (χ3n) is 3.91. The number of carbonyl (C=O) groups excluding carboxylic acids is 3. The molecule has 2 heterocycles. The minimum atomic E-state index is -0.672. The molecule has 3 amide bonds. The Morgan fingerprint density at radius 3 is 2.91 bits per heavy atom. The Morgan fingerprint density at radius 1 is 1.41 bits per heavy atom. The lowest BCUT2D eigenvalue weighted by atomic mass is 10.1. The predicted octanol–water partition coefficient (Wildman–Crippen LogP) is 0.417. The van der Waals surface area contributed by atoms with Crippen LogP contribution < -0.4 is 10.6 Å². The summed E-state index contributed by atoms with van der Waals surface area (Å²) in [6.45, 7) is 1.89. The summed E-state index contributed by atoms with van der Waals surface area (Å²) in [4.78, 5) is 39.5. The van der Waals surface area contributed by atoms with E-state index in [0.29, 0.717) is 12.0 Å². The lowest BCUT2D eigenvalue weighted by Gasteiger charge is -2.21. The first kappa shape index (κ1) is 14.2. The van der Waals surface area contributed by atoms with Gasteiger partial charge in [0.1, 0.15) is 11.9 Å². The van der Waals surface area contributed by atoms with Gasteiger partial charge in [-0.2, -0.15) is 0 Å². The number of aromatic nitrogens is 2. The Labute approximate surface area is 126 Å². The zero-order valence-electron chi connectivity index (χ0n) is 12.3. The fourth-order valence-corrected chi connectivity index (χ4v) is 2.52. The number of nitrogens with one attached hydrogen (secondary N) is 2. The summed E-state index contributed by atoms with van der Waals surface area (Å²) < 4.78 is 1.90. The molecule has 114 valence electrons. The zero-order chi connectivity index (χ0) is 15.9. The van der Waals surface area contributed by atoms with Crippen molar-refractivity contribution in [3.63, 3.8) is 0 Å². The van der Waals surface area contributed by atoms with E-state index in [-0.39, 0.29) is 18.2 Å². The topological polar surface area (TPSA) is 93.1 Å². The number of aryl methyl sites for hydroxylation is 2. The molecule has 0 bridgehead atoms. The highest BCUT2D eigenvalue weighted by atomic mass is 16.2. The summed E-state index contributed by atoms with van der Waals surface area (Å²) in [5, 5.41) is 4.89. The van der Waals surface area contributed by atoms with Crippen LogP contribution in [0.1, 0.15) is 29.0 Å². The number of imidazole rings is 1. The number of carbonyl (C=O) groups is 3. The average molecular weight is 300 g/mol. The number of rotatable bonds is 2. The molecule has 1 atom stereocenters. The van der Waals surface area contributed by atoms with Crippen molar-refractivity contribution in [2.24, 2.45) is 7.05 Å². The Morgan fingerprint density at radius 2 is 2.18 bits per heavy atom. The van der Waals surface area contributed by atoms with Crippen molar-refractivity contribution in [3.05, 3.63) is 29.6 Å². The molecule has 2 N–H and O–H groups in total. The molecule has 22 heavy (non-hydrogen) atoms. The van der Waals surface area contributed by atoms with Gasteiger partial charge in [0.15, 0.2) is 0 Å². The van der Waals surface area contributed by atoms with E-state index >= 15 is 0 Å². The lowest BCUT2D eigenvalue weighted by molar-refractivity contribution is -0.134. The summed E-state index contributed by atoms with van der Waals surface area (Å²) in [6.07, 6.45) is 0.556. The third kappa shape index (κ3) is 2.45. The van der Waals surface area contributed by atoms with E-state index in [1.54, 1.807) is 18.2 Å². The van der Waals surface area contributed by atoms with Gasteiger partial charge in [-0.15, -0.1) is 0 Å². The van der Waals surface area contributed by atoms with Gasteiger partial charge in [0.2, 0.25) is 11.8 Å². The van der Waals surface area contributed by atoms with Crippen LogP contribution in [0, 0.1) is 6.92 Å². The summed E-state index contributed by atoms with van der Waals surface area (Å²) in [5.74, 6) is -0.239. The SMILES string of the molecule is Cc1nc2ccc(C(=O)NC3CCC(=O)NC3=O)cc2n1C.